The minimum absolute atomic E-state index is 0.114. The van der Waals surface area contributed by atoms with E-state index in [9.17, 15) is 14.4 Å². The number of likely N-dealkylation sites (N-methyl/N-ethyl adjacent to an activating group) is 1. The fraction of sp³-hybridized carbons (Fsp3) is 0.333. The second-order valence-corrected chi connectivity index (χ2v) is 12.5. The van der Waals surface area contributed by atoms with E-state index in [1.54, 1.807) is 36.7 Å². The molecule has 4 aromatic rings. The highest BCUT2D eigenvalue weighted by atomic mass is 32.1. The zero-order chi connectivity index (χ0) is 30.8. The van der Waals surface area contributed by atoms with Crippen LogP contribution in [0.1, 0.15) is 64.0 Å². The number of fused-ring (bicyclic) bond motifs is 1. The highest BCUT2D eigenvalue weighted by Gasteiger charge is 2.25. The van der Waals surface area contributed by atoms with Gasteiger partial charge in [-0.3, -0.25) is 19.3 Å². The van der Waals surface area contributed by atoms with Crippen molar-refractivity contribution in [3.8, 4) is 11.3 Å². The third-order valence-corrected chi connectivity index (χ3v) is 9.37. The van der Waals surface area contributed by atoms with E-state index in [0.29, 0.717) is 17.1 Å². The third-order valence-electron chi connectivity index (χ3n) is 8.13. The van der Waals surface area contributed by atoms with Crippen molar-refractivity contribution in [2.75, 3.05) is 17.7 Å². The fourth-order valence-corrected chi connectivity index (χ4v) is 6.59. The molecular weight excluding hydrogens is 560 g/mol. The molecule has 0 aliphatic heterocycles. The third kappa shape index (κ3) is 6.40. The van der Waals surface area contributed by atoms with Gasteiger partial charge in [-0.1, -0.05) is 24.3 Å². The van der Waals surface area contributed by atoms with Gasteiger partial charge in [0.05, 0.1) is 10.6 Å². The number of nitrogens with two attached hydrogens (primary N) is 1. The van der Waals surface area contributed by atoms with Crippen LogP contribution in [0.15, 0.2) is 59.5 Å². The molecule has 1 atom stereocenters. The van der Waals surface area contributed by atoms with Gasteiger partial charge in [0.25, 0.3) is 11.5 Å². The van der Waals surface area contributed by atoms with Crippen LogP contribution in [0, 0.1) is 6.92 Å². The molecule has 0 saturated heterocycles. The number of anilines is 3. The summed E-state index contributed by atoms with van der Waals surface area (Å²) in [5.41, 5.74) is 11.1. The number of nitrogens with one attached hydrogen (secondary N) is 2. The molecule has 0 saturated carbocycles. The summed E-state index contributed by atoms with van der Waals surface area (Å²) in [7, 11) is 3.54. The highest BCUT2D eigenvalue weighted by molar-refractivity contribution is 7.14. The number of amides is 2. The molecule has 1 unspecified atom stereocenters. The van der Waals surface area contributed by atoms with Crippen molar-refractivity contribution >= 4 is 40.3 Å². The quantitative estimate of drug-likeness (QED) is 0.232. The van der Waals surface area contributed by atoms with Crippen LogP contribution in [0.25, 0.3) is 11.3 Å². The number of thiophene rings is 1. The molecule has 43 heavy (non-hydrogen) atoms. The Morgan fingerprint density at radius 2 is 1.81 bits per heavy atom. The molecule has 2 aromatic heterocycles. The molecular formula is C33H38N6O3S. The number of carbonyl (C=O) groups excluding carboxylic acids is 2. The van der Waals surface area contributed by atoms with Crippen molar-refractivity contribution in [1.82, 2.24) is 14.5 Å². The number of primary amides is 1. The number of rotatable bonds is 9. The fourth-order valence-electron chi connectivity index (χ4n) is 5.44. The summed E-state index contributed by atoms with van der Waals surface area (Å²) in [6, 6.07) is 14.5. The van der Waals surface area contributed by atoms with Crippen LogP contribution in [0.3, 0.4) is 0 Å². The van der Waals surface area contributed by atoms with Gasteiger partial charge in [0.15, 0.2) is 5.82 Å². The molecule has 5 rings (SSSR count). The van der Waals surface area contributed by atoms with Crippen LogP contribution >= 0.6 is 11.3 Å². The van der Waals surface area contributed by atoms with Crippen molar-refractivity contribution in [1.29, 1.82) is 0 Å². The van der Waals surface area contributed by atoms with Crippen LogP contribution in [0.4, 0.5) is 17.2 Å². The van der Waals surface area contributed by atoms with E-state index in [4.69, 9.17) is 5.73 Å². The number of aryl methyl sites for hydroxylation is 3. The lowest BCUT2D eigenvalue weighted by Crippen LogP contribution is -2.39. The average molecular weight is 599 g/mol. The van der Waals surface area contributed by atoms with E-state index < -0.39 is 11.9 Å². The number of carbonyl (C=O) groups is 2. The molecule has 9 nitrogen and oxygen atoms in total. The molecule has 1 aliphatic rings. The summed E-state index contributed by atoms with van der Waals surface area (Å²) in [6.45, 7) is 5.94. The maximum Gasteiger partial charge on any atom is 0.293 e. The molecule has 1 aliphatic carbocycles. The normalized spacial score (nSPS) is 13.6. The Bertz CT molecular complexity index is 1700. The van der Waals surface area contributed by atoms with Crippen LogP contribution in [0.5, 0.6) is 0 Å². The SMILES string of the molecule is Cc1c(NC(=O)c2cc3c(s2)CCCC3)cccc1-c1cn(C)c(=O)c(Nc2ccc(C(C(N)=O)N(C)C(C)C)cc2)n1. The predicted molar refractivity (Wildman–Crippen MR) is 173 cm³/mol. The Morgan fingerprint density at radius 1 is 1.09 bits per heavy atom. The summed E-state index contributed by atoms with van der Waals surface area (Å²) in [5.74, 6) is -0.378. The number of nitrogens with zero attached hydrogens (tertiary/aromatic N) is 3. The molecule has 2 aromatic carbocycles. The maximum absolute atomic E-state index is 13.2. The first kappa shape index (κ1) is 30.2. The van der Waals surface area contributed by atoms with E-state index >= 15 is 0 Å². The van der Waals surface area contributed by atoms with Crippen LogP contribution < -0.4 is 21.9 Å². The lowest BCUT2D eigenvalue weighted by molar-refractivity contribution is -0.123. The van der Waals surface area contributed by atoms with Gasteiger partial charge in [0, 0.05) is 41.1 Å². The van der Waals surface area contributed by atoms with Gasteiger partial charge in [-0.25, -0.2) is 4.98 Å². The number of hydrogen-bond acceptors (Lipinski definition) is 7. The monoisotopic (exact) mass is 598 g/mol. The van der Waals surface area contributed by atoms with E-state index in [1.165, 1.54) is 27.8 Å². The number of aromatic nitrogens is 2. The summed E-state index contributed by atoms with van der Waals surface area (Å²) in [4.78, 5) is 47.0. The lowest BCUT2D eigenvalue weighted by atomic mass is 9.99. The number of benzene rings is 2. The van der Waals surface area contributed by atoms with E-state index in [-0.39, 0.29) is 23.3 Å². The van der Waals surface area contributed by atoms with Crippen LogP contribution in [-0.4, -0.2) is 39.4 Å². The van der Waals surface area contributed by atoms with Gasteiger partial charge in [0.2, 0.25) is 5.91 Å². The van der Waals surface area contributed by atoms with Gasteiger partial charge in [0.1, 0.15) is 6.04 Å². The topological polar surface area (TPSA) is 122 Å². The minimum atomic E-state index is -0.565. The Morgan fingerprint density at radius 3 is 2.49 bits per heavy atom. The first-order valence-electron chi connectivity index (χ1n) is 14.5. The largest absolute Gasteiger partial charge is 0.368 e. The number of hydrogen-bond donors (Lipinski definition) is 3. The summed E-state index contributed by atoms with van der Waals surface area (Å²) >= 11 is 1.59. The van der Waals surface area contributed by atoms with Gasteiger partial charge < -0.3 is 20.9 Å². The molecule has 4 N–H and O–H groups in total. The van der Waals surface area contributed by atoms with Crippen LogP contribution in [0.2, 0.25) is 0 Å². The Balaban J connectivity index is 1.39. The maximum atomic E-state index is 13.2. The van der Waals surface area contributed by atoms with E-state index in [2.05, 4.69) is 15.6 Å². The predicted octanol–water partition coefficient (Wildman–Crippen LogP) is 5.56. The highest BCUT2D eigenvalue weighted by Crippen LogP contribution is 2.32. The van der Waals surface area contributed by atoms with Gasteiger partial charge in [-0.15, -0.1) is 11.3 Å². The van der Waals surface area contributed by atoms with Crippen LogP contribution in [-0.2, 0) is 24.7 Å². The van der Waals surface area contributed by atoms with Crippen molar-refractivity contribution in [3.05, 3.63) is 91.5 Å². The van der Waals surface area contributed by atoms with Crippen molar-refractivity contribution in [2.45, 2.75) is 58.5 Å². The van der Waals surface area contributed by atoms with Gasteiger partial charge in [-0.2, -0.15) is 0 Å². The standard InChI is InChI=1S/C33H38N6O3S/c1-19(2)39(5)29(30(34)40)21-13-15-23(16-14-21)35-31-33(42)38(4)18-26(36-31)24-10-8-11-25(20(24)3)37-32(41)28-17-22-9-6-7-12-27(22)43-28/h8,10-11,13-19,29H,6-7,9,12H2,1-5H3,(H2,34,40)(H,35,36)(H,37,41). The summed E-state index contributed by atoms with van der Waals surface area (Å²) in [5, 5.41) is 6.23. The molecule has 2 amide bonds. The molecule has 0 fully saturated rings. The average Bonchev–Trinajstić information content (AvgIpc) is 3.42. The molecule has 10 heteroatoms. The zero-order valence-electron chi connectivity index (χ0n) is 25.2. The molecule has 224 valence electrons. The summed E-state index contributed by atoms with van der Waals surface area (Å²) in [6.07, 6.45) is 6.12. The van der Waals surface area contributed by atoms with E-state index in [1.807, 2.05) is 69.1 Å². The van der Waals surface area contributed by atoms with E-state index in [0.717, 1.165) is 34.4 Å². The smallest absolute Gasteiger partial charge is 0.293 e. The van der Waals surface area contributed by atoms with Crippen molar-refractivity contribution in [3.63, 3.8) is 0 Å². The molecule has 2 heterocycles. The Hall–Kier alpha value is -4.28. The zero-order valence-corrected chi connectivity index (χ0v) is 26.0. The first-order chi connectivity index (χ1) is 20.5. The molecule has 0 spiro atoms. The second kappa shape index (κ2) is 12.5. The lowest BCUT2D eigenvalue weighted by Gasteiger charge is -2.29. The Labute approximate surface area is 255 Å². The molecule has 0 bridgehead atoms. The second-order valence-electron chi connectivity index (χ2n) is 11.4. The Kier molecular flexibility index (Phi) is 8.79. The van der Waals surface area contributed by atoms with Crippen molar-refractivity contribution in [2.24, 2.45) is 12.8 Å². The van der Waals surface area contributed by atoms with Gasteiger partial charge in [-0.05, 0) is 94.5 Å². The van der Waals surface area contributed by atoms with Crippen molar-refractivity contribution < 1.29 is 9.59 Å². The first-order valence-corrected chi connectivity index (χ1v) is 15.3. The minimum Gasteiger partial charge on any atom is -0.368 e. The van der Waals surface area contributed by atoms with Gasteiger partial charge >= 0.3 is 0 Å². The molecule has 0 radical (unpaired) electrons. The summed E-state index contributed by atoms with van der Waals surface area (Å²) < 4.78 is 1.49.